The minimum Gasteiger partial charge on any atom is -0.493 e. The summed E-state index contributed by atoms with van der Waals surface area (Å²) in [5, 5.41) is 6.43. The fourth-order valence-electron chi connectivity index (χ4n) is 1.97. The number of likely N-dealkylation sites (N-methyl/N-ethyl adjacent to an activating group) is 1. The van der Waals surface area contributed by atoms with Crippen LogP contribution < -0.4 is 20.1 Å². The number of anilines is 3. The quantitative estimate of drug-likeness (QED) is 0.773. The Morgan fingerprint density at radius 3 is 2.57 bits per heavy atom. The molecule has 2 N–H and O–H groups in total. The molecule has 0 aliphatic heterocycles. The molecule has 0 radical (unpaired) electrons. The van der Waals surface area contributed by atoms with E-state index in [1.54, 1.807) is 20.4 Å². The van der Waals surface area contributed by atoms with Gasteiger partial charge in [-0.2, -0.15) is 4.98 Å². The fraction of sp³-hybridized carbons (Fsp3) is 0.375. The van der Waals surface area contributed by atoms with Gasteiger partial charge in [-0.05, 0) is 32.3 Å². The highest BCUT2D eigenvalue weighted by molar-refractivity contribution is 5.60. The molecule has 7 heteroatoms. The lowest BCUT2D eigenvalue weighted by atomic mass is 10.3. The highest BCUT2D eigenvalue weighted by atomic mass is 16.5. The second-order valence-electron chi connectivity index (χ2n) is 5.19. The van der Waals surface area contributed by atoms with E-state index in [1.807, 2.05) is 38.4 Å². The minimum atomic E-state index is 0.520. The first-order chi connectivity index (χ1) is 11.1. The van der Waals surface area contributed by atoms with Crippen LogP contribution in [0.25, 0.3) is 0 Å². The van der Waals surface area contributed by atoms with E-state index in [0.717, 1.165) is 24.6 Å². The topological polar surface area (TPSA) is 71.5 Å². The first kappa shape index (κ1) is 16.8. The van der Waals surface area contributed by atoms with Crippen molar-refractivity contribution in [2.75, 3.05) is 52.0 Å². The van der Waals surface area contributed by atoms with Gasteiger partial charge in [-0.1, -0.05) is 0 Å². The van der Waals surface area contributed by atoms with E-state index in [9.17, 15) is 0 Å². The van der Waals surface area contributed by atoms with E-state index in [4.69, 9.17) is 9.47 Å². The molecule has 1 aromatic carbocycles. The standard InChI is InChI=1S/C16H23N5O2/c1-21(2)10-9-17-15-7-8-18-16(20-15)19-12-5-6-13(22-3)14(11-12)23-4/h5-8,11H,9-10H2,1-4H3,(H2,17,18,19,20). The van der Waals surface area contributed by atoms with Crippen molar-refractivity contribution in [3.8, 4) is 11.5 Å². The summed E-state index contributed by atoms with van der Waals surface area (Å²) < 4.78 is 10.5. The number of hydrogen-bond acceptors (Lipinski definition) is 7. The van der Waals surface area contributed by atoms with Crippen LogP contribution in [0.1, 0.15) is 0 Å². The number of nitrogens with zero attached hydrogens (tertiary/aromatic N) is 3. The Bertz CT molecular complexity index is 634. The molecule has 124 valence electrons. The smallest absolute Gasteiger partial charge is 0.229 e. The average molecular weight is 317 g/mol. The van der Waals surface area contributed by atoms with Crippen LogP contribution in [0.4, 0.5) is 17.5 Å². The van der Waals surface area contributed by atoms with Crippen LogP contribution in [0.5, 0.6) is 11.5 Å². The zero-order chi connectivity index (χ0) is 16.7. The SMILES string of the molecule is COc1ccc(Nc2nccc(NCCN(C)C)n2)cc1OC. The molecular formula is C16H23N5O2. The Kier molecular flexibility index (Phi) is 5.99. The van der Waals surface area contributed by atoms with Gasteiger partial charge in [0.05, 0.1) is 14.2 Å². The van der Waals surface area contributed by atoms with E-state index in [2.05, 4.69) is 25.5 Å². The zero-order valence-electron chi connectivity index (χ0n) is 14.0. The predicted molar refractivity (Wildman–Crippen MR) is 91.9 cm³/mol. The molecule has 1 aromatic heterocycles. The Hall–Kier alpha value is -2.54. The van der Waals surface area contributed by atoms with E-state index >= 15 is 0 Å². The third-order valence-electron chi connectivity index (χ3n) is 3.16. The normalized spacial score (nSPS) is 10.5. The molecule has 1 heterocycles. The first-order valence-corrected chi connectivity index (χ1v) is 7.33. The summed E-state index contributed by atoms with van der Waals surface area (Å²) in [4.78, 5) is 10.8. The van der Waals surface area contributed by atoms with Crippen molar-refractivity contribution < 1.29 is 9.47 Å². The van der Waals surface area contributed by atoms with Crippen molar-refractivity contribution in [2.24, 2.45) is 0 Å². The summed E-state index contributed by atoms with van der Waals surface area (Å²) in [6, 6.07) is 7.40. The number of nitrogens with one attached hydrogen (secondary N) is 2. The summed E-state index contributed by atoms with van der Waals surface area (Å²) >= 11 is 0. The molecule has 2 rings (SSSR count). The number of ether oxygens (including phenoxy) is 2. The van der Waals surface area contributed by atoms with Crippen LogP contribution in [0.3, 0.4) is 0 Å². The summed E-state index contributed by atoms with van der Waals surface area (Å²) in [6.45, 7) is 1.75. The molecule has 0 amide bonds. The van der Waals surface area contributed by atoms with E-state index < -0.39 is 0 Å². The van der Waals surface area contributed by atoms with Crippen LogP contribution in [0.2, 0.25) is 0 Å². The maximum Gasteiger partial charge on any atom is 0.229 e. The summed E-state index contributed by atoms with van der Waals surface area (Å²) in [7, 11) is 7.28. The highest BCUT2D eigenvalue weighted by Crippen LogP contribution is 2.30. The van der Waals surface area contributed by atoms with Gasteiger partial charge in [0.15, 0.2) is 11.5 Å². The summed E-state index contributed by atoms with van der Waals surface area (Å²) in [6.07, 6.45) is 1.72. The summed E-state index contributed by atoms with van der Waals surface area (Å²) in [5.74, 6) is 2.63. The molecule has 2 aromatic rings. The van der Waals surface area contributed by atoms with Crippen LogP contribution in [-0.4, -0.2) is 56.3 Å². The molecule has 23 heavy (non-hydrogen) atoms. The average Bonchev–Trinajstić information content (AvgIpc) is 2.54. The maximum absolute atomic E-state index is 5.29. The second kappa shape index (κ2) is 8.19. The number of methoxy groups -OCH3 is 2. The lowest BCUT2D eigenvalue weighted by Crippen LogP contribution is -2.21. The van der Waals surface area contributed by atoms with Gasteiger partial charge >= 0.3 is 0 Å². The largest absolute Gasteiger partial charge is 0.493 e. The van der Waals surface area contributed by atoms with E-state index in [-0.39, 0.29) is 0 Å². The molecule has 0 fully saturated rings. The van der Waals surface area contributed by atoms with Crippen LogP contribution >= 0.6 is 0 Å². The molecule has 0 unspecified atom stereocenters. The predicted octanol–water partition coefficient (Wildman–Crippen LogP) is 2.21. The molecular weight excluding hydrogens is 294 g/mol. The molecule has 0 bridgehead atoms. The molecule has 0 spiro atoms. The van der Waals surface area contributed by atoms with Crippen molar-refractivity contribution in [1.29, 1.82) is 0 Å². The zero-order valence-corrected chi connectivity index (χ0v) is 14.0. The van der Waals surface area contributed by atoms with Crippen molar-refractivity contribution in [2.45, 2.75) is 0 Å². The Morgan fingerprint density at radius 2 is 1.87 bits per heavy atom. The Morgan fingerprint density at radius 1 is 1.09 bits per heavy atom. The van der Waals surface area contributed by atoms with Crippen LogP contribution in [0.15, 0.2) is 30.5 Å². The van der Waals surface area contributed by atoms with Crippen molar-refractivity contribution in [1.82, 2.24) is 14.9 Å². The van der Waals surface area contributed by atoms with Crippen LogP contribution in [-0.2, 0) is 0 Å². The van der Waals surface area contributed by atoms with Gasteiger partial charge < -0.3 is 25.0 Å². The van der Waals surface area contributed by atoms with Gasteiger partial charge in [0, 0.05) is 31.0 Å². The molecule has 0 saturated heterocycles. The molecule has 0 atom stereocenters. The number of aromatic nitrogens is 2. The monoisotopic (exact) mass is 317 g/mol. The molecule has 0 saturated carbocycles. The van der Waals surface area contributed by atoms with Gasteiger partial charge in [-0.15, -0.1) is 0 Å². The van der Waals surface area contributed by atoms with E-state index in [0.29, 0.717) is 17.4 Å². The Balaban J connectivity index is 2.05. The number of hydrogen-bond donors (Lipinski definition) is 2. The third kappa shape index (κ3) is 5.00. The van der Waals surface area contributed by atoms with Crippen molar-refractivity contribution in [3.05, 3.63) is 30.5 Å². The van der Waals surface area contributed by atoms with Gasteiger partial charge in [0.1, 0.15) is 5.82 Å². The fourth-order valence-corrected chi connectivity index (χ4v) is 1.97. The number of rotatable bonds is 8. The number of benzene rings is 1. The summed E-state index contributed by atoms with van der Waals surface area (Å²) in [5.41, 5.74) is 0.827. The second-order valence-corrected chi connectivity index (χ2v) is 5.19. The third-order valence-corrected chi connectivity index (χ3v) is 3.16. The molecule has 0 aliphatic carbocycles. The lowest BCUT2D eigenvalue weighted by molar-refractivity contribution is 0.355. The van der Waals surface area contributed by atoms with Gasteiger partial charge in [-0.25, -0.2) is 4.98 Å². The molecule has 0 aliphatic rings. The van der Waals surface area contributed by atoms with Gasteiger partial charge in [-0.3, -0.25) is 0 Å². The maximum atomic E-state index is 5.29. The van der Waals surface area contributed by atoms with Gasteiger partial charge in [0.2, 0.25) is 5.95 Å². The van der Waals surface area contributed by atoms with E-state index in [1.165, 1.54) is 0 Å². The Labute approximate surface area is 136 Å². The van der Waals surface area contributed by atoms with Crippen molar-refractivity contribution >= 4 is 17.5 Å². The van der Waals surface area contributed by atoms with Crippen molar-refractivity contribution in [3.63, 3.8) is 0 Å². The lowest BCUT2D eigenvalue weighted by Gasteiger charge is -2.12. The minimum absolute atomic E-state index is 0.520. The van der Waals surface area contributed by atoms with Gasteiger partial charge in [0.25, 0.3) is 0 Å². The molecule has 7 nitrogen and oxygen atoms in total. The van der Waals surface area contributed by atoms with Crippen LogP contribution in [0, 0.1) is 0 Å². The highest BCUT2D eigenvalue weighted by Gasteiger charge is 2.06. The first-order valence-electron chi connectivity index (χ1n) is 7.33.